The summed E-state index contributed by atoms with van der Waals surface area (Å²) in [5.74, 6) is 2.27. The van der Waals surface area contributed by atoms with Crippen molar-refractivity contribution in [3.05, 3.63) is 11.6 Å². The number of rotatable bonds is 0. The van der Waals surface area contributed by atoms with Crippen LogP contribution in [0, 0.1) is 28.6 Å². The van der Waals surface area contributed by atoms with Crippen LogP contribution in [0.2, 0.25) is 0 Å². The Labute approximate surface area is 127 Å². The summed E-state index contributed by atoms with van der Waals surface area (Å²) in [5.41, 5.74) is 1.37. The molecule has 2 nitrogen and oxygen atoms in total. The Kier molecular flexibility index (Phi) is 2.81. The van der Waals surface area contributed by atoms with Gasteiger partial charge in [-0.1, -0.05) is 18.9 Å². The highest BCUT2D eigenvalue weighted by atomic mass is 16.1. The molecule has 0 aliphatic heterocycles. The topological polar surface area (TPSA) is 34.1 Å². The second-order valence-corrected chi connectivity index (χ2v) is 8.44. The molecule has 0 heterocycles. The van der Waals surface area contributed by atoms with Gasteiger partial charge in [-0.15, -0.1) is 0 Å². The average molecular weight is 286 g/mol. The molecule has 4 rings (SSSR count). The number of ketones is 2. The van der Waals surface area contributed by atoms with E-state index in [1.807, 2.05) is 6.08 Å². The first-order valence-corrected chi connectivity index (χ1v) is 8.72. The van der Waals surface area contributed by atoms with Crippen LogP contribution in [-0.2, 0) is 9.59 Å². The Hall–Kier alpha value is -0.920. The van der Waals surface area contributed by atoms with Crippen molar-refractivity contribution in [2.24, 2.45) is 28.6 Å². The van der Waals surface area contributed by atoms with E-state index >= 15 is 0 Å². The van der Waals surface area contributed by atoms with E-state index in [0.29, 0.717) is 17.3 Å². The van der Waals surface area contributed by atoms with Crippen molar-refractivity contribution >= 4 is 11.6 Å². The Morgan fingerprint density at radius 2 is 1.86 bits per heavy atom. The molecule has 21 heavy (non-hydrogen) atoms. The molecule has 4 aliphatic rings. The number of hydrogen-bond acceptors (Lipinski definition) is 2. The fourth-order valence-electron chi connectivity index (χ4n) is 6.42. The first-order valence-electron chi connectivity index (χ1n) is 8.72. The van der Waals surface area contributed by atoms with Crippen LogP contribution in [0.5, 0.6) is 0 Å². The third-order valence-electron chi connectivity index (χ3n) is 7.62. The van der Waals surface area contributed by atoms with Crippen molar-refractivity contribution in [2.75, 3.05) is 0 Å². The fraction of sp³-hybridized carbons (Fsp3) is 0.789. The first-order chi connectivity index (χ1) is 9.95. The summed E-state index contributed by atoms with van der Waals surface area (Å²) in [4.78, 5) is 24.5. The second-order valence-electron chi connectivity index (χ2n) is 8.44. The van der Waals surface area contributed by atoms with Gasteiger partial charge in [-0.05, 0) is 74.7 Å². The summed E-state index contributed by atoms with van der Waals surface area (Å²) in [7, 11) is 0. The largest absolute Gasteiger partial charge is 0.298 e. The van der Waals surface area contributed by atoms with Crippen LogP contribution in [-0.4, -0.2) is 11.6 Å². The van der Waals surface area contributed by atoms with E-state index in [2.05, 4.69) is 13.8 Å². The molecule has 114 valence electrons. The summed E-state index contributed by atoms with van der Waals surface area (Å²) in [5, 5.41) is 0. The average Bonchev–Trinajstić information content (AvgIpc) is 2.82. The van der Waals surface area contributed by atoms with Crippen LogP contribution in [0.1, 0.15) is 65.2 Å². The monoisotopic (exact) mass is 286 g/mol. The van der Waals surface area contributed by atoms with Crippen LogP contribution in [0.3, 0.4) is 0 Å². The normalized spacial score (nSPS) is 49.2. The van der Waals surface area contributed by atoms with Crippen LogP contribution >= 0.6 is 0 Å². The summed E-state index contributed by atoms with van der Waals surface area (Å²) < 4.78 is 0. The molecule has 4 aliphatic carbocycles. The highest BCUT2D eigenvalue weighted by Crippen LogP contribution is 2.64. The van der Waals surface area contributed by atoms with Gasteiger partial charge in [0.15, 0.2) is 11.6 Å². The maximum atomic E-state index is 12.7. The maximum absolute atomic E-state index is 12.7. The lowest BCUT2D eigenvalue weighted by Gasteiger charge is -2.56. The molecule has 3 fully saturated rings. The zero-order valence-corrected chi connectivity index (χ0v) is 13.3. The van der Waals surface area contributed by atoms with Crippen molar-refractivity contribution in [1.29, 1.82) is 0 Å². The van der Waals surface area contributed by atoms with E-state index in [1.54, 1.807) is 0 Å². The van der Waals surface area contributed by atoms with Gasteiger partial charge < -0.3 is 0 Å². The van der Waals surface area contributed by atoms with Gasteiger partial charge in [0.05, 0.1) is 11.8 Å². The van der Waals surface area contributed by atoms with Gasteiger partial charge in [-0.2, -0.15) is 0 Å². The number of carbonyl (C=O) groups is 2. The van der Waals surface area contributed by atoms with Gasteiger partial charge in [-0.3, -0.25) is 9.59 Å². The zero-order chi connectivity index (χ0) is 14.8. The van der Waals surface area contributed by atoms with Crippen molar-refractivity contribution in [3.63, 3.8) is 0 Å². The molecular weight excluding hydrogens is 260 g/mol. The molecule has 0 aromatic carbocycles. The first kappa shape index (κ1) is 13.7. The lowest BCUT2D eigenvalue weighted by atomic mass is 9.47. The van der Waals surface area contributed by atoms with Crippen LogP contribution in [0.15, 0.2) is 11.6 Å². The SMILES string of the molecule is C[C@@]12CCC[C@H]1[C@@H]1CCC3=CC(=O)CC(=O)[C@]3(C)[C@H]1CC2. The quantitative estimate of drug-likeness (QED) is 0.629. The number of carbonyl (C=O) groups excluding carboxylic acids is 2. The predicted molar refractivity (Wildman–Crippen MR) is 81.7 cm³/mol. The van der Waals surface area contributed by atoms with Crippen molar-refractivity contribution < 1.29 is 9.59 Å². The lowest BCUT2D eigenvalue weighted by molar-refractivity contribution is -0.139. The minimum absolute atomic E-state index is 0.0347. The Bertz CT molecular complexity index is 546. The molecule has 5 atom stereocenters. The van der Waals surface area contributed by atoms with E-state index in [0.717, 1.165) is 17.9 Å². The van der Waals surface area contributed by atoms with Crippen molar-refractivity contribution in [3.8, 4) is 0 Å². The molecule has 0 saturated heterocycles. The lowest BCUT2D eigenvalue weighted by Crippen LogP contribution is -2.52. The Morgan fingerprint density at radius 3 is 2.67 bits per heavy atom. The predicted octanol–water partition coefficient (Wildman–Crippen LogP) is 4.09. The van der Waals surface area contributed by atoms with E-state index in [-0.39, 0.29) is 23.4 Å². The van der Waals surface area contributed by atoms with Crippen molar-refractivity contribution in [2.45, 2.75) is 65.2 Å². The zero-order valence-electron chi connectivity index (χ0n) is 13.3. The third-order valence-corrected chi connectivity index (χ3v) is 7.62. The minimum Gasteiger partial charge on any atom is -0.298 e. The third kappa shape index (κ3) is 1.71. The molecule has 0 aromatic rings. The minimum atomic E-state index is -0.319. The fourth-order valence-corrected chi connectivity index (χ4v) is 6.42. The molecule has 0 radical (unpaired) electrons. The second kappa shape index (κ2) is 4.30. The standard InChI is InChI=1S/C19H26O2/c1-18-8-3-4-15(18)14-6-5-12-10-13(20)11-17(21)19(12,2)16(14)7-9-18/h10,14-16H,3-9,11H2,1-2H3/t14-,15-,16-,18-,19-/m0/s1. The van der Waals surface area contributed by atoms with Crippen LogP contribution < -0.4 is 0 Å². The molecule has 0 aromatic heterocycles. The number of fused-ring (bicyclic) bond motifs is 5. The summed E-state index contributed by atoms with van der Waals surface area (Å²) in [6, 6.07) is 0. The number of hydrogen-bond donors (Lipinski definition) is 0. The van der Waals surface area contributed by atoms with Crippen LogP contribution in [0.4, 0.5) is 0 Å². The smallest absolute Gasteiger partial charge is 0.163 e. The molecule has 3 saturated carbocycles. The van der Waals surface area contributed by atoms with Crippen LogP contribution in [0.25, 0.3) is 0 Å². The summed E-state index contributed by atoms with van der Waals surface area (Å²) in [6.07, 6.45) is 10.7. The van der Waals surface area contributed by atoms with Gasteiger partial charge in [0, 0.05) is 0 Å². The summed E-state index contributed by atoms with van der Waals surface area (Å²) in [6.45, 7) is 4.64. The highest BCUT2D eigenvalue weighted by molar-refractivity contribution is 6.11. The van der Waals surface area contributed by atoms with Gasteiger partial charge in [0.25, 0.3) is 0 Å². The molecule has 0 N–H and O–H groups in total. The van der Waals surface area contributed by atoms with E-state index in [1.165, 1.54) is 38.5 Å². The van der Waals surface area contributed by atoms with Gasteiger partial charge in [0.1, 0.15) is 0 Å². The van der Waals surface area contributed by atoms with Crippen molar-refractivity contribution in [1.82, 2.24) is 0 Å². The van der Waals surface area contributed by atoms with E-state index < -0.39 is 0 Å². The molecule has 2 heteroatoms. The number of allylic oxidation sites excluding steroid dienone is 1. The maximum Gasteiger partial charge on any atom is 0.163 e. The molecule has 0 amide bonds. The van der Waals surface area contributed by atoms with E-state index in [4.69, 9.17) is 0 Å². The molecule has 0 spiro atoms. The molecule has 0 unspecified atom stereocenters. The highest BCUT2D eigenvalue weighted by Gasteiger charge is 2.58. The Morgan fingerprint density at radius 1 is 1.05 bits per heavy atom. The molecular formula is C19H26O2. The van der Waals surface area contributed by atoms with Gasteiger partial charge in [0.2, 0.25) is 0 Å². The van der Waals surface area contributed by atoms with Gasteiger partial charge >= 0.3 is 0 Å². The Balaban J connectivity index is 1.74. The number of Topliss-reactive ketones (excluding diaryl/α,β-unsaturated/α-hetero) is 1. The summed E-state index contributed by atoms with van der Waals surface area (Å²) >= 11 is 0. The van der Waals surface area contributed by atoms with Gasteiger partial charge in [-0.25, -0.2) is 0 Å². The van der Waals surface area contributed by atoms with E-state index in [9.17, 15) is 9.59 Å². The molecule has 0 bridgehead atoms.